The molecule has 0 N–H and O–H groups in total. The molecule has 5 nitrogen and oxygen atoms in total. The largest absolute Gasteiger partial charge is 0.339 e. The fraction of sp³-hybridized carbons (Fsp3) is 0.294. The highest BCUT2D eigenvalue weighted by atomic mass is 32.2. The molecule has 0 fully saturated rings. The fourth-order valence-electron chi connectivity index (χ4n) is 2.38. The number of benzene rings is 1. The molecule has 0 aliphatic heterocycles. The maximum absolute atomic E-state index is 12.8. The quantitative estimate of drug-likeness (QED) is 0.810. The van der Waals surface area contributed by atoms with Crippen LogP contribution in [-0.2, 0) is 21.2 Å². The van der Waals surface area contributed by atoms with E-state index in [-0.39, 0.29) is 11.7 Å². The number of carbonyl (C=O) groups is 1. The molecule has 0 saturated heterocycles. The smallest absolute Gasteiger partial charge is 0.231 e. The average Bonchev–Trinajstić information content (AvgIpc) is 2.53. The van der Waals surface area contributed by atoms with Crippen molar-refractivity contribution in [3.63, 3.8) is 0 Å². The summed E-state index contributed by atoms with van der Waals surface area (Å²) in [5.41, 5.74) is 1.46. The number of pyridine rings is 1. The molecule has 1 atom stereocenters. The van der Waals surface area contributed by atoms with Gasteiger partial charge in [-0.1, -0.05) is 36.4 Å². The molecule has 1 amide bonds. The van der Waals surface area contributed by atoms with Crippen LogP contribution in [0.5, 0.6) is 0 Å². The summed E-state index contributed by atoms with van der Waals surface area (Å²) in [7, 11) is -1.62. The van der Waals surface area contributed by atoms with E-state index in [0.717, 1.165) is 11.9 Å². The Bertz CT molecular complexity index is 746. The maximum atomic E-state index is 12.8. The van der Waals surface area contributed by atoms with Crippen LogP contribution in [0, 0.1) is 0 Å². The first-order chi connectivity index (χ1) is 10.9. The summed E-state index contributed by atoms with van der Waals surface area (Å²) in [4.78, 5) is 18.5. The van der Waals surface area contributed by atoms with E-state index in [9.17, 15) is 13.2 Å². The van der Waals surface area contributed by atoms with Gasteiger partial charge in [0.05, 0.1) is 23.9 Å². The van der Waals surface area contributed by atoms with Gasteiger partial charge in [-0.2, -0.15) is 0 Å². The van der Waals surface area contributed by atoms with Gasteiger partial charge in [-0.3, -0.25) is 9.78 Å². The van der Waals surface area contributed by atoms with Gasteiger partial charge in [-0.05, 0) is 17.7 Å². The van der Waals surface area contributed by atoms with Crippen molar-refractivity contribution in [1.82, 2.24) is 9.88 Å². The molecule has 0 aliphatic rings. The van der Waals surface area contributed by atoms with Crippen molar-refractivity contribution in [3.05, 3.63) is 66.0 Å². The highest BCUT2D eigenvalue weighted by Crippen LogP contribution is 2.21. The van der Waals surface area contributed by atoms with Gasteiger partial charge in [0.15, 0.2) is 0 Å². The van der Waals surface area contributed by atoms with Crippen LogP contribution in [0.2, 0.25) is 0 Å². The molecule has 2 rings (SSSR count). The SMILES string of the molecule is CN(Cc1ccccn1)C(=O)[C@H](CS(C)(=O)=O)c1ccccc1. The summed E-state index contributed by atoms with van der Waals surface area (Å²) in [5, 5.41) is 0. The Hall–Kier alpha value is -2.21. The molecule has 0 bridgehead atoms. The molecule has 0 radical (unpaired) electrons. The summed E-state index contributed by atoms with van der Waals surface area (Å²) < 4.78 is 23.4. The molecule has 0 aliphatic carbocycles. The number of nitrogens with zero attached hydrogens (tertiary/aromatic N) is 2. The molecule has 23 heavy (non-hydrogen) atoms. The van der Waals surface area contributed by atoms with Gasteiger partial charge in [0, 0.05) is 19.5 Å². The molecular weight excluding hydrogens is 312 g/mol. The molecule has 1 aromatic carbocycles. The van der Waals surface area contributed by atoms with Crippen molar-refractivity contribution in [2.75, 3.05) is 19.1 Å². The van der Waals surface area contributed by atoms with Crippen molar-refractivity contribution < 1.29 is 13.2 Å². The summed E-state index contributed by atoms with van der Waals surface area (Å²) in [6.45, 7) is 0.340. The molecule has 0 unspecified atom stereocenters. The number of rotatable bonds is 6. The predicted octanol–water partition coefficient (Wildman–Crippen LogP) is 1.87. The van der Waals surface area contributed by atoms with Crippen LogP contribution >= 0.6 is 0 Å². The van der Waals surface area contributed by atoms with Crippen LogP contribution in [0.3, 0.4) is 0 Å². The normalized spacial score (nSPS) is 12.6. The zero-order chi connectivity index (χ0) is 16.9. The second kappa shape index (κ2) is 7.37. The highest BCUT2D eigenvalue weighted by molar-refractivity contribution is 7.90. The predicted molar refractivity (Wildman–Crippen MR) is 89.6 cm³/mol. The van der Waals surface area contributed by atoms with E-state index in [1.54, 1.807) is 37.5 Å². The minimum Gasteiger partial charge on any atom is -0.339 e. The number of amides is 1. The third-order valence-corrected chi connectivity index (χ3v) is 4.41. The number of hydrogen-bond acceptors (Lipinski definition) is 4. The van der Waals surface area contributed by atoms with Crippen molar-refractivity contribution in [2.45, 2.75) is 12.5 Å². The first kappa shape index (κ1) is 17.1. The number of hydrogen-bond donors (Lipinski definition) is 0. The second-order valence-electron chi connectivity index (χ2n) is 5.57. The Morgan fingerprint density at radius 2 is 1.78 bits per heavy atom. The molecule has 122 valence electrons. The number of aromatic nitrogens is 1. The first-order valence-corrected chi connectivity index (χ1v) is 9.30. The standard InChI is InChI=1S/C17H20N2O3S/c1-19(12-15-10-6-7-11-18-15)17(20)16(13-23(2,21)22)14-8-4-3-5-9-14/h3-11,16H,12-13H2,1-2H3/t16-/m1/s1. The summed E-state index contributed by atoms with van der Waals surface area (Å²) in [6.07, 6.45) is 2.81. The number of carbonyl (C=O) groups excluding carboxylic acids is 1. The van der Waals surface area contributed by atoms with E-state index < -0.39 is 15.8 Å². The van der Waals surface area contributed by atoms with Crippen LogP contribution in [-0.4, -0.2) is 43.3 Å². The fourth-order valence-corrected chi connectivity index (χ4v) is 3.32. The molecule has 1 heterocycles. The molecule has 2 aromatic rings. The number of sulfone groups is 1. The van der Waals surface area contributed by atoms with Crippen molar-refractivity contribution in [2.24, 2.45) is 0 Å². The van der Waals surface area contributed by atoms with Crippen LogP contribution in [0.4, 0.5) is 0 Å². The average molecular weight is 332 g/mol. The van der Waals surface area contributed by atoms with Gasteiger partial charge in [-0.15, -0.1) is 0 Å². The lowest BCUT2D eigenvalue weighted by Crippen LogP contribution is -2.34. The van der Waals surface area contributed by atoms with E-state index in [1.807, 2.05) is 24.3 Å². The lowest BCUT2D eigenvalue weighted by Gasteiger charge is -2.23. The van der Waals surface area contributed by atoms with Crippen LogP contribution in [0.15, 0.2) is 54.7 Å². The first-order valence-electron chi connectivity index (χ1n) is 7.24. The molecule has 6 heteroatoms. The van der Waals surface area contributed by atoms with Gasteiger partial charge >= 0.3 is 0 Å². The highest BCUT2D eigenvalue weighted by Gasteiger charge is 2.27. The van der Waals surface area contributed by atoms with Gasteiger partial charge in [0.25, 0.3) is 0 Å². The Kier molecular flexibility index (Phi) is 5.50. The minimum atomic E-state index is -3.29. The summed E-state index contributed by atoms with van der Waals surface area (Å²) >= 11 is 0. The lowest BCUT2D eigenvalue weighted by atomic mass is 9.99. The number of likely N-dealkylation sites (N-methyl/N-ethyl adjacent to an activating group) is 1. The third-order valence-electron chi connectivity index (χ3n) is 3.47. The summed E-state index contributed by atoms with van der Waals surface area (Å²) in [6, 6.07) is 14.5. The Labute approximate surface area is 136 Å². The van der Waals surface area contributed by atoms with Crippen LogP contribution in [0.1, 0.15) is 17.2 Å². The third kappa shape index (κ3) is 5.17. The van der Waals surface area contributed by atoms with E-state index in [2.05, 4.69) is 4.98 Å². The molecule has 1 aromatic heterocycles. The van der Waals surface area contributed by atoms with E-state index >= 15 is 0 Å². The lowest BCUT2D eigenvalue weighted by molar-refractivity contribution is -0.131. The van der Waals surface area contributed by atoms with Gasteiger partial charge in [0.2, 0.25) is 5.91 Å². The zero-order valence-electron chi connectivity index (χ0n) is 13.2. The zero-order valence-corrected chi connectivity index (χ0v) is 14.0. The Morgan fingerprint density at radius 3 is 2.35 bits per heavy atom. The topological polar surface area (TPSA) is 67.3 Å². The van der Waals surface area contributed by atoms with Gasteiger partial charge < -0.3 is 4.90 Å². The Balaban J connectivity index is 2.22. The van der Waals surface area contributed by atoms with Crippen molar-refractivity contribution in [1.29, 1.82) is 0 Å². The minimum absolute atomic E-state index is 0.206. The molecular formula is C17H20N2O3S. The molecule has 0 saturated carbocycles. The van der Waals surface area contributed by atoms with E-state index in [1.165, 1.54) is 4.90 Å². The van der Waals surface area contributed by atoms with E-state index in [4.69, 9.17) is 0 Å². The monoisotopic (exact) mass is 332 g/mol. The van der Waals surface area contributed by atoms with Crippen LogP contribution < -0.4 is 0 Å². The second-order valence-corrected chi connectivity index (χ2v) is 7.76. The van der Waals surface area contributed by atoms with Crippen LogP contribution in [0.25, 0.3) is 0 Å². The van der Waals surface area contributed by atoms with Crippen molar-refractivity contribution in [3.8, 4) is 0 Å². The molecule has 0 spiro atoms. The van der Waals surface area contributed by atoms with Gasteiger partial charge in [-0.25, -0.2) is 8.42 Å². The summed E-state index contributed by atoms with van der Waals surface area (Å²) in [5.74, 6) is -1.14. The Morgan fingerprint density at radius 1 is 1.13 bits per heavy atom. The van der Waals surface area contributed by atoms with Gasteiger partial charge in [0.1, 0.15) is 9.84 Å². The maximum Gasteiger partial charge on any atom is 0.231 e. The van der Waals surface area contributed by atoms with Crippen molar-refractivity contribution >= 4 is 15.7 Å². The van der Waals surface area contributed by atoms with E-state index in [0.29, 0.717) is 12.1 Å².